The van der Waals surface area contributed by atoms with Crippen LogP contribution >= 0.6 is 15.9 Å². The highest BCUT2D eigenvalue weighted by Crippen LogP contribution is 2.36. The zero-order valence-corrected chi connectivity index (χ0v) is 13.8. The van der Waals surface area contributed by atoms with Crippen LogP contribution in [-0.4, -0.2) is 21.0 Å². The van der Waals surface area contributed by atoms with Crippen LogP contribution in [0.25, 0.3) is 21.8 Å². The number of aromatic nitrogens is 2. The second-order valence-electron chi connectivity index (χ2n) is 5.29. The molecular weight excluding hydrogens is 372 g/mol. The van der Waals surface area contributed by atoms with E-state index in [1.54, 1.807) is 18.2 Å². The molecular formula is C17H11BrN4O2. The standard InChI is InChI=1S/C17H11BrN4O2/c18-10-5-6-13-11(8-10)15(17(24)20-13)21-22-16(23)14-7-9-3-1-2-4-12(9)19-14/h1-8,19-20,24H. The smallest absolute Gasteiger partial charge is 0.311 e. The minimum absolute atomic E-state index is 0.128. The van der Waals surface area contributed by atoms with E-state index in [0.29, 0.717) is 16.6 Å². The Balaban J connectivity index is 1.70. The molecule has 6 nitrogen and oxygen atoms in total. The Morgan fingerprint density at radius 3 is 2.71 bits per heavy atom. The van der Waals surface area contributed by atoms with Gasteiger partial charge in [0.05, 0.1) is 5.52 Å². The third-order valence-corrected chi connectivity index (χ3v) is 4.21. The monoisotopic (exact) mass is 382 g/mol. The van der Waals surface area contributed by atoms with Crippen molar-refractivity contribution in [3.8, 4) is 5.88 Å². The lowest BCUT2D eigenvalue weighted by Crippen LogP contribution is -1.92. The van der Waals surface area contributed by atoms with Crippen LogP contribution in [0, 0.1) is 0 Å². The van der Waals surface area contributed by atoms with Crippen LogP contribution in [0.4, 0.5) is 5.69 Å². The fraction of sp³-hybridized carbons (Fsp3) is 0. The van der Waals surface area contributed by atoms with Crippen molar-refractivity contribution < 1.29 is 9.90 Å². The van der Waals surface area contributed by atoms with Gasteiger partial charge in [-0.25, -0.2) is 0 Å². The van der Waals surface area contributed by atoms with Gasteiger partial charge in [0.15, 0.2) is 5.69 Å². The average molecular weight is 383 g/mol. The Hall–Kier alpha value is -2.93. The second kappa shape index (κ2) is 5.61. The molecule has 118 valence electrons. The van der Waals surface area contributed by atoms with E-state index in [0.717, 1.165) is 15.4 Å². The number of amides is 1. The summed E-state index contributed by atoms with van der Waals surface area (Å²) >= 11 is 3.37. The summed E-state index contributed by atoms with van der Waals surface area (Å²) in [6.07, 6.45) is 0. The van der Waals surface area contributed by atoms with Gasteiger partial charge < -0.3 is 15.1 Å². The van der Waals surface area contributed by atoms with Crippen molar-refractivity contribution in [1.29, 1.82) is 0 Å². The van der Waals surface area contributed by atoms with Crippen molar-refractivity contribution in [3.63, 3.8) is 0 Å². The van der Waals surface area contributed by atoms with Crippen molar-refractivity contribution in [1.82, 2.24) is 9.97 Å². The summed E-state index contributed by atoms with van der Waals surface area (Å²) in [6, 6.07) is 14.7. The van der Waals surface area contributed by atoms with Crippen LogP contribution in [0.5, 0.6) is 5.88 Å². The Morgan fingerprint density at radius 1 is 1.04 bits per heavy atom. The summed E-state index contributed by atoms with van der Waals surface area (Å²) in [7, 11) is 0. The van der Waals surface area contributed by atoms with Gasteiger partial charge in [0.25, 0.3) is 0 Å². The van der Waals surface area contributed by atoms with Gasteiger partial charge in [-0.2, -0.15) is 0 Å². The number of H-pyrrole nitrogens is 2. The molecule has 4 aromatic rings. The van der Waals surface area contributed by atoms with Gasteiger partial charge in [-0.15, -0.1) is 10.2 Å². The van der Waals surface area contributed by atoms with Crippen LogP contribution in [0.3, 0.4) is 0 Å². The van der Waals surface area contributed by atoms with E-state index in [-0.39, 0.29) is 11.6 Å². The summed E-state index contributed by atoms with van der Waals surface area (Å²) in [5.74, 6) is -0.633. The lowest BCUT2D eigenvalue weighted by atomic mass is 10.2. The number of para-hydroxylation sites is 1. The quantitative estimate of drug-likeness (QED) is 0.423. The van der Waals surface area contributed by atoms with E-state index in [1.165, 1.54) is 0 Å². The van der Waals surface area contributed by atoms with Gasteiger partial charge in [-0.3, -0.25) is 4.79 Å². The number of hydrogen-bond donors (Lipinski definition) is 3. The van der Waals surface area contributed by atoms with Crippen LogP contribution < -0.4 is 0 Å². The number of aromatic amines is 2. The zero-order chi connectivity index (χ0) is 16.7. The third-order valence-electron chi connectivity index (χ3n) is 3.72. The predicted molar refractivity (Wildman–Crippen MR) is 94.8 cm³/mol. The molecule has 0 fully saturated rings. The normalized spacial score (nSPS) is 11.7. The zero-order valence-electron chi connectivity index (χ0n) is 12.2. The number of carbonyl (C=O) groups is 1. The summed E-state index contributed by atoms with van der Waals surface area (Å²) in [5, 5.41) is 19.2. The van der Waals surface area contributed by atoms with Crippen molar-refractivity contribution in [2.24, 2.45) is 10.2 Å². The van der Waals surface area contributed by atoms with Gasteiger partial charge in [0, 0.05) is 20.8 Å². The molecule has 24 heavy (non-hydrogen) atoms. The molecule has 3 N–H and O–H groups in total. The maximum atomic E-state index is 12.2. The number of rotatable bonds is 2. The van der Waals surface area contributed by atoms with E-state index in [4.69, 9.17) is 0 Å². The highest BCUT2D eigenvalue weighted by molar-refractivity contribution is 9.10. The molecule has 0 aliphatic carbocycles. The molecule has 0 unspecified atom stereocenters. The van der Waals surface area contributed by atoms with Gasteiger partial charge in [-0.05, 0) is 30.3 Å². The Labute approximate surface area is 144 Å². The minimum Gasteiger partial charge on any atom is -0.493 e. The first kappa shape index (κ1) is 14.6. The van der Waals surface area contributed by atoms with Crippen LogP contribution in [0.15, 0.2) is 63.2 Å². The molecule has 0 spiro atoms. The average Bonchev–Trinajstić information content (AvgIpc) is 3.13. The van der Waals surface area contributed by atoms with E-state index in [1.807, 2.05) is 30.3 Å². The SMILES string of the molecule is O=C(N=Nc1c(O)[nH]c2ccc(Br)cc12)c1cc2ccccc2[nH]1. The fourth-order valence-electron chi connectivity index (χ4n) is 2.57. The van der Waals surface area contributed by atoms with Crippen LogP contribution in [0.2, 0.25) is 0 Å². The van der Waals surface area contributed by atoms with E-state index in [2.05, 4.69) is 36.1 Å². The molecule has 1 amide bonds. The number of nitrogens with zero attached hydrogens (tertiary/aromatic N) is 2. The summed E-state index contributed by atoms with van der Waals surface area (Å²) < 4.78 is 0.840. The van der Waals surface area contributed by atoms with E-state index >= 15 is 0 Å². The first-order valence-electron chi connectivity index (χ1n) is 7.16. The van der Waals surface area contributed by atoms with Gasteiger partial charge in [0.1, 0.15) is 5.69 Å². The van der Waals surface area contributed by atoms with Gasteiger partial charge in [0.2, 0.25) is 5.88 Å². The van der Waals surface area contributed by atoms with E-state index < -0.39 is 5.91 Å². The maximum Gasteiger partial charge on any atom is 0.311 e. The number of hydrogen-bond acceptors (Lipinski definition) is 3. The molecule has 7 heteroatoms. The predicted octanol–water partition coefficient (Wildman–Crippen LogP) is 5.04. The van der Waals surface area contributed by atoms with Crippen molar-refractivity contribution >= 4 is 49.3 Å². The van der Waals surface area contributed by atoms with Gasteiger partial charge >= 0.3 is 5.91 Å². The lowest BCUT2D eigenvalue weighted by molar-refractivity contribution is 0.0991. The molecule has 0 aliphatic rings. The number of nitrogens with one attached hydrogen (secondary N) is 2. The molecule has 2 aromatic carbocycles. The maximum absolute atomic E-state index is 12.2. The van der Waals surface area contributed by atoms with Crippen molar-refractivity contribution in [3.05, 3.63) is 58.7 Å². The topological polar surface area (TPSA) is 93.6 Å². The lowest BCUT2D eigenvalue weighted by Gasteiger charge is -1.93. The fourth-order valence-corrected chi connectivity index (χ4v) is 2.94. The number of carbonyl (C=O) groups excluding carboxylic acids is 1. The number of fused-ring (bicyclic) bond motifs is 2. The Bertz CT molecular complexity index is 1080. The van der Waals surface area contributed by atoms with Crippen molar-refractivity contribution in [2.75, 3.05) is 0 Å². The number of azo groups is 1. The Kier molecular flexibility index (Phi) is 3.42. The summed E-state index contributed by atoms with van der Waals surface area (Å²) in [6.45, 7) is 0. The third kappa shape index (κ3) is 2.48. The number of halogens is 1. The highest BCUT2D eigenvalue weighted by Gasteiger charge is 2.13. The molecule has 2 aromatic heterocycles. The first-order chi connectivity index (χ1) is 11.6. The molecule has 0 bridgehead atoms. The minimum atomic E-state index is -0.505. The highest BCUT2D eigenvalue weighted by atomic mass is 79.9. The molecule has 0 atom stereocenters. The molecule has 0 saturated heterocycles. The van der Waals surface area contributed by atoms with E-state index in [9.17, 15) is 9.90 Å². The Morgan fingerprint density at radius 2 is 1.88 bits per heavy atom. The second-order valence-corrected chi connectivity index (χ2v) is 6.20. The van der Waals surface area contributed by atoms with Crippen LogP contribution in [0.1, 0.15) is 10.5 Å². The molecule has 2 heterocycles. The number of aromatic hydroxyl groups is 1. The van der Waals surface area contributed by atoms with Crippen LogP contribution in [-0.2, 0) is 0 Å². The first-order valence-corrected chi connectivity index (χ1v) is 7.95. The molecule has 0 radical (unpaired) electrons. The number of benzene rings is 2. The molecule has 4 rings (SSSR count). The molecule has 0 saturated carbocycles. The van der Waals surface area contributed by atoms with Gasteiger partial charge in [-0.1, -0.05) is 34.1 Å². The summed E-state index contributed by atoms with van der Waals surface area (Å²) in [4.78, 5) is 18.0. The van der Waals surface area contributed by atoms with Crippen molar-refractivity contribution in [2.45, 2.75) is 0 Å². The largest absolute Gasteiger partial charge is 0.493 e. The molecule has 0 aliphatic heterocycles. The summed E-state index contributed by atoms with van der Waals surface area (Å²) in [5.41, 5.74) is 2.15.